The number of nitrogens with one attached hydrogen (secondary N) is 4. The van der Waals surface area contributed by atoms with Crippen LogP contribution in [0, 0.1) is 25.7 Å². The van der Waals surface area contributed by atoms with Crippen LogP contribution < -0.4 is 10.6 Å². The minimum Gasteiger partial charge on any atom is -0.481 e. The van der Waals surface area contributed by atoms with E-state index in [0.29, 0.717) is 43.4 Å². The van der Waals surface area contributed by atoms with Crippen molar-refractivity contribution in [1.29, 1.82) is 0 Å². The molecule has 1 saturated heterocycles. The molecule has 0 radical (unpaired) electrons. The zero-order valence-corrected chi connectivity index (χ0v) is 26.8. The van der Waals surface area contributed by atoms with Crippen molar-refractivity contribution in [2.45, 2.75) is 91.1 Å². The number of thiol groups is 1. The molecule has 10 nitrogen and oxygen atoms in total. The molecular weight excluding hydrogens is 580 g/mol. The second-order valence-corrected chi connectivity index (χ2v) is 12.6. The molecule has 4 rings (SSSR count). The molecule has 0 aromatic carbocycles. The van der Waals surface area contributed by atoms with Crippen LogP contribution in [0.5, 0.6) is 0 Å². The highest BCUT2D eigenvalue weighted by Gasteiger charge is 2.39. The first-order chi connectivity index (χ1) is 20.9. The Balaban J connectivity index is 1.69. The van der Waals surface area contributed by atoms with Crippen LogP contribution in [-0.4, -0.2) is 61.8 Å². The van der Waals surface area contributed by atoms with Crippen LogP contribution in [0.15, 0.2) is 23.8 Å². The van der Waals surface area contributed by atoms with E-state index in [4.69, 9.17) is 0 Å². The number of aliphatic carboxylic acids is 2. The van der Waals surface area contributed by atoms with E-state index in [0.717, 1.165) is 57.0 Å². The third kappa shape index (κ3) is 6.98. The SMILES string of the molecule is C=CC1=C(C)[C@@H](Cc2[nH]c(Cc3[nH]c(CC4NC(=O)[C@H](C)[C@H]4CCS)c(C)c3CCC(=O)O)c(CCC(=O)O)c2C)NC1=O. The summed E-state index contributed by atoms with van der Waals surface area (Å²) in [4.78, 5) is 55.2. The summed E-state index contributed by atoms with van der Waals surface area (Å²) in [6.45, 7) is 11.6. The number of hydrogen-bond acceptors (Lipinski definition) is 5. The first-order valence-corrected chi connectivity index (χ1v) is 15.9. The third-order valence-corrected chi connectivity index (χ3v) is 9.83. The Kier molecular flexibility index (Phi) is 10.5. The lowest BCUT2D eigenvalue weighted by molar-refractivity contribution is -0.138. The van der Waals surface area contributed by atoms with Gasteiger partial charge in [-0.05, 0) is 79.5 Å². The second-order valence-electron chi connectivity index (χ2n) is 12.2. The molecule has 0 aliphatic carbocycles. The molecule has 2 aliphatic rings. The fourth-order valence-corrected chi connectivity index (χ4v) is 7.20. The molecular formula is C33H44N4O6S. The molecule has 238 valence electrons. The maximum Gasteiger partial charge on any atom is 0.303 e. The summed E-state index contributed by atoms with van der Waals surface area (Å²) in [7, 11) is 0. The highest BCUT2D eigenvalue weighted by Crippen LogP contribution is 2.33. The van der Waals surface area contributed by atoms with Crippen molar-refractivity contribution in [2.75, 3.05) is 5.75 Å². The molecule has 2 aromatic heterocycles. The maximum atomic E-state index is 12.5. The molecule has 11 heteroatoms. The number of carboxylic acid groups (broad SMARTS) is 2. The van der Waals surface area contributed by atoms with Crippen molar-refractivity contribution in [3.8, 4) is 0 Å². The molecule has 44 heavy (non-hydrogen) atoms. The van der Waals surface area contributed by atoms with Gasteiger partial charge in [-0.2, -0.15) is 12.6 Å². The Hall–Kier alpha value is -3.73. The monoisotopic (exact) mass is 624 g/mol. The average molecular weight is 625 g/mol. The van der Waals surface area contributed by atoms with Crippen molar-refractivity contribution in [2.24, 2.45) is 11.8 Å². The van der Waals surface area contributed by atoms with Gasteiger partial charge in [0.25, 0.3) is 5.91 Å². The van der Waals surface area contributed by atoms with Gasteiger partial charge in [0.1, 0.15) is 0 Å². The van der Waals surface area contributed by atoms with Crippen LogP contribution in [-0.2, 0) is 51.3 Å². The van der Waals surface area contributed by atoms with Gasteiger partial charge < -0.3 is 30.8 Å². The van der Waals surface area contributed by atoms with E-state index in [-0.39, 0.29) is 48.6 Å². The lowest BCUT2D eigenvalue weighted by atomic mass is 9.86. The zero-order chi connectivity index (χ0) is 32.3. The molecule has 2 aromatic rings. The standard InChI is InChI=1S/C33H44N4O6S/c1-6-20-16(2)26(36-33(20)43)13-24-17(3)21(7-9-30(38)39)27(34-24)15-28-22(8-10-31(40)41)18(4)25(35-28)14-29-23(11-12-44)19(5)32(42)37-29/h6,19,23,26,29,34-35,44H,1,7-15H2,2-5H3,(H,36,43)(H,37,42)(H,38,39)(H,40,41)/t19-,23-,26-,29?/m1/s1. The van der Waals surface area contributed by atoms with Crippen molar-refractivity contribution in [3.63, 3.8) is 0 Å². The molecule has 2 amide bonds. The summed E-state index contributed by atoms with van der Waals surface area (Å²) < 4.78 is 0. The van der Waals surface area contributed by atoms with Gasteiger partial charge in [-0.25, -0.2) is 0 Å². The highest BCUT2D eigenvalue weighted by atomic mass is 32.1. The summed E-state index contributed by atoms with van der Waals surface area (Å²) in [6, 6.07) is -0.251. The van der Waals surface area contributed by atoms with Gasteiger partial charge in [-0.3, -0.25) is 19.2 Å². The smallest absolute Gasteiger partial charge is 0.303 e. The van der Waals surface area contributed by atoms with Crippen LogP contribution in [0.2, 0.25) is 0 Å². The van der Waals surface area contributed by atoms with Crippen LogP contribution in [0.25, 0.3) is 0 Å². The van der Waals surface area contributed by atoms with E-state index in [1.165, 1.54) is 0 Å². The number of carbonyl (C=O) groups excluding carboxylic acids is 2. The lowest BCUT2D eigenvalue weighted by Gasteiger charge is -2.20. The number of aromatic nitrogens is 2. The molecule has 4 heterocycles. The summed E-state index contributed by atoms with van der Waals surface area (Å²) in [5.41, 5.74) is 8.92. The van der Waals surface area contributed by atoms with Crippen molar-refractivity contribution >= 4 is 36.4 Å². The van der Waals surface area contributed by atoms with Gasteiger partial charge in [0, 0.05) is 72.4 Å². The molecule has 2 aliphatic heterocycles. The highest BCUT2D eigenvalue weighted by molar-refractivity contribution is 7.80. The normalized spacial score (nSPS) is 21.6. The van der Waals surface area contributed by atoms with Crippen LogP contribution in [0.3, 0.4) is 0 Å². The fourth-order valence-electron chi connectivity index (χ4n) is 6.91. The maximum absolute atomic E-state index is 12.5. The van der Waals surface area contributed by atoms with Crippen LogP contribution in [0.1, 0.15) is 78.1 Å². The Labute approximate surface area is 263 Å². The Morgan fingerprint density at radius 3 is 1.91 bits per heavy atom. The zero-order valence-electron chi connectivity index (χ0n) is 25.9. The first-order valence-electron chi connectivity index (χ1n) is 15.2. The fraction of sp³-hybridized carbons (Fsp3) is 0.515. The summed E-state index contributed by atoms with van der Waals surface area (Å²) >= 11 is 4.41. The van der Waals surface area contributed by atoms with E-state index < -0.39 is 11.9 Å². The van der Waals surface area contributed by atoms with Gasteiger partial charge in [-0.1, -0.05) is 19.6 Å². The lowest BCUT2D eigenvalue weighted by Crippen LogP contribution is -2.31. The number of carbonyl (C=O) groups is 4. The van der Waals surface area contributed by atoms with E-state index >= 15 is 0 Å². The van der Waals surface area contributed by atoms with E-state index in [2.05, 4.69) is 39.8 Å². The molecule has 1 fully saturated rings. The average Bonchev–Trinajstić information content (AvgIpc) is 3.60. The number of aromatic amines is 2. The molecule has 0 saturated carbocycles. The van der Waals surface area contributed by atoms with Crippen molar-refractivity contribution < 1.29 is 29.4 Å². The topological polar surface area (TPSA) is 164 Å². The number of hydrogen-bond donors (Lipinski definition) is 7. The first kappa shape index (κ1) is 33.2. The van der Waals surface area contributed by atoms with E-state index in [1.54, 1.807) is 6.08 Å². The Bertz CT molecular complexity index is 1500. The minimum absolute atomic E-state index is 0.0237. The predicted octanol–water partition coefficient (Wildman–Crippen LogP) is 3.74. The van der Waals surface area contributed by atoms with E-state index in [1.807, 2.05) is 27.7 Å². The van der Waals surface area contributed by atoms with Crippen LogP contribution in [0.4, 0.5) is 0 Å². The molecule has 0 bridgehead atoms. The Morgan fingerprint density at radius 2 is 1.43 bits per heavy atom. The van der Waals surface area contributed by atoms with Gasteiger partial charge in [0.05, 0.1) is 6.04 Å². The number of carboxylic acids is 2. The van der Waals surface area contributed by atoms with Gasteiger partial charge in [-0.15, -0.1) is 0 Å². The largest absolute Gasteiger partial charge is 0.481 e. The van der Waals surface area contributed by atoms with E-state index in [9.17, 15) is 29.4 Å². The number of amides is 2. The van der Waals surface area contributed by atoms with Crippen LogP contribution >= 0.6 is 12.6 Å². The molecule has 1 unspecified atom stereocenters. The van der Waals surface area contributed by atoms with Gasteiger partial charge in [0.2, 0.25) is 5.91 Å². The molecule has 6 N–H and O–H groups in total. The third-order valence-electron chi connectivity index (χ3n) is 9.57. The molecule has 4 atom stereocenters. The number of H-pyrrole nitrogens is 2. The van der Waals surface area contributed by atoms with Gasteiger partial charge >= 0.3 is 11.9 Å². The van der Waals surface area contributed by atoms with Crippen molar-refractivity contribution in [1.82, 2.24) is 20.6 Å². The summed E-state index contributed by atoms with van der Waals surface area (Å²) in [6.07, 6.45) is 4.57. The minimum atomic E-state index is -0.890. The predicted molar refractivity (Wildman–Crippen MR) is 171 cm³/mol. The van der Waals surface area contributed by atoms with Gasteiger partial charge in [0.15, 0.2) is 0 Å². The summed E-state index contributed by atoms with van der Waals surface area (Å²) in [5, 5.41) is 25.1. The quantitative estimate of drug-likeness (QED) is 0.149. The van der Waals surface area contributed by atoms with Crippen molar-refractivity contribution in [3.05, 3.63) is 68.8 Å². The summed E-state index contributed by atoms with van der Waals surface area (Å²) in [5.74, 6) is -1.15. The second kappa shape index (κ2) is 13.9. The Morgan fingerprint density at radius 1 is 0.886 bits per heavy atom. The molecule has 0 spiro atoms. The number of rotatable bonds is 15.